The van der Waals surface area contributed by atoms with E-state index < -0.39 is 0 Å². The van der Waals surface area contributed by atoms with Crippen LogP contribution in [0, 0.1) is 5.92 Å². The third-order valence-electron chi connectivity index (χ3n) is 3.11. The van der Waals surface area contributed by atoms with Gasteiger partial charge in [-0.1, -0.05) is 39.2 Å². The normalized spacial score (nSPS) is 14.9. The first-order valence-corrected chi connectivity index (χ1v) is 6.58. The van der Waals surface area contributed by atoms with Crippen molar-refractivity contribution in [3.8, 4) is 0 Å². The zero-order chi connectivity index (χ0) is 11.5. The number of hydrogen-bond donors (Lipinski definition) is 1. The van der Waals surface area contributed by atoms with E-state index in [0.29, 0.717) is 6.04 Å². The zero-order valence-corrected chi connectivity index (χ0v) is 10.9. The van der Waals surface area contributed by atoms with Crippen molar-refractivity contribution in [1.82, 2.24) is 5.32 Å². The van der Waals surface area contributed by atoms with Gasteiger partial charge in [-0.15, -0.1) is 6.58 Å². The van der Waals surface area contributed by atoms with Crippen molar-refractivity contribution in [3.05, 3.63) is 12.7 Å². The maximum absolute atomic E-state index is 3.81. The summed E-state index contributed by atoms with van der Waals surface area (Å²) >= 11 is 0. The van der Waals surface area contributed by atoms with Crippen molar-refractivity contribution in [3.63, 3.8) is 0 Å². The molecule has 0 heterocycles. The first kappa shape index (κ1) is 14.7. The fourth-order valence-electron chi connectivity index (χ4n) is 1.87. The molecule has 2 atom stereocenters. The monoisotopic (exact) mass is 211 g/mol. The molecule has 0 fully saturated rings. The molecule has 0 amide bonds. The fourth-order valence-corrected chi connectivity index (χ4v) is 1.87. The van der Waals surface area contributed by atoms with E-state index in [1.165, 1.54) is 38.5 Å². The third kappa shape index (κ3) is 8.68. The van der Waals surface area contributed by atoms with Crippen LogP contribution in [-0.2, 0) is 0 Å². The minimum absolute atomic E-state index is 0.686. The van der Waals surface area contributed by atoms with Gasteiger partial charge < -0.3 is 5.32 Å². The van der Waals surface area contributed by atoms with E-state index in [2.05, 4.69) is 38.7 Å². The topological polar surface area (TPSA) is 12.0 Å². The van der Waals surface area contributed by atoms with Crippen LogP contribution in [-0.4, -0.2) is 12.6 Å². The summed E-state index contributed by atoms with van der Waals surface area (Å²) in [7, 11) is 0. The summed E-state index contributed by atoms with van der Waals surface area (Å²) in [5.41, 5.74) is 0. The largest absolute Gasteiger partial charge is 0.314 e. The second-order valence-corrected chi connectivity index (χ2v) is 4.58. The molecular formula is C14H29N. The molecule has 0 aliphatic carbocycles. The molecule has 0 spiro atoms. The predicted octanol–water partition coefficient (Wildman–Crippen LogP) is 4.15. The van der Waals surface area contributed by atoms with Gasteiger partial charge in [-0.25, -0.2) is 0 Å². The van der Waals surface area contributed by atoms with Gasteiger partial charge in [0.05, 0.1) is 0 Å². The zero-order valence-electron chi connectivity index (χ0n) is 10.9. The average Bonchev–Trinajstić information content (AvgIpc) is 2.25. The highest BCUT2D eigenvalue weighted by molar-refractivity contribution is 4.73. The van der Waals surface area contributed by atoms with Crippen LogP contribution in [0.1, 0.15) is 59.3 Å². The summed E-state index contributed by atoms with van der Waals surface area (Å²) in [5.74, 6) is 0.827. The van der Waals surface area contributed by atoms with Gasteiger partial charge in [0, 0.05) is 6.04 Å². The Morgan fingerprint density at radius 1 is 1.27 bits per heavy atom. The maximum Gasteiger partial charge on any atom is 0.00387 e. The molecule has 0 aliphatic rings. The molecule has 0 aromatic heterocycles. The van der Waals surface area contributed by atoms with Crippen molar-refractivity contribution in [2.75, 3.05) is 6.54 Å². The van der Waals surface area contributed by atoms with E-state index in [1.807, 2.05) is 0 Å². The van der Waals surface area contributed by atoms with Crippen LogP contribution in [0.4, 0.5) is 0 Å². The van der Waals surface area contributed by atoms with Crippen LogP contribution in [0.15, 0.2) is 12.7 Å². The van der Waals surface area contributed by atoms with Gasteiger partial charge in [-0.3, -0.25) is 0 Å². The lowest BCUT2D eigenvalue weighted by molar-refractivity contribution is 0.421. The number of hydrogen-bond acceptors (Lipinski definition) is 1. The van der Waals surface area contributed by atoms with Crippen LogP contribution >= 0.6 is 0 Å². The number of allylic oxidation sites excluding steroid dienone is 1. The molecule has 0 radical (unpaired) electrons. The van der Waals surface area contributed by atoms with Crippen molar-refractivity contribution >= 4 is 0 Å². The summed E-state index contributed by atoms with van der Waals surface area (Å²) in [6.45, 7) is 11.8. The van der Waals surface area contributed by atoms with Crippen molar-refractivity contribution in [2.45, 2.75) is 65.3 Å². The van der Waals surface area contributed by atoms with Gasteiger partial charge in [0.2, 0.25) is 0 Å². The molecule has 0 saturated heterocycles. The standard InChI is InChI=1S/C14H29N/c1-5-8-10-13(4)15-12-11-14(7-3)9-6-2/h6,13-15H,2,5,7-12H2,1,3-4H3. The van der Waals surface area contributed by atoms with Gasteiger partial charge in [0.1, 0.15) is 0 Å². The van der Waals surface area contributed by atoms with Crippen LogP contribution in [0.2, 0.25) is 0 Å². The molecular weight excluding hydrogens is 182 g/mol. The highest BCUT2D eigenvalue weighted by Crippen LogP contribution is 2.12. The lowest BCUT2D eigenvalue weighted by Gasteiger charge is -2.16. The highest BCUT2D eigenvalue weighted by Gasteiger charge is 2.05. The Bertz CT molecular complexity index is 142. The molecule has 0 aliphatic heterocycles. The van der Waals surface area contributed by atoms with E-state index >= 15 is 0 Å². The number of unbranched alkanes of at least 4 members (excludes halogenated alkanes) is 1. The van der Waals surface area contributed by atoms with Gasteiger partial charge in [0.25, 0.3) is 0 Å². The Kier molecular flexibility index (Phi) is 10.0. The Balaban J connectivity index is 3.44. The Hall–Kier alpha value is -0.300. The van der Waals surface area contributed by atoms with Gasteiger partial charge >= 0.3 is 0 Å². The molecule has 1 heteroatoms. The molecule has 0 aromatic rings. The first-order chi connectivity index (χ1) is 7.24. The molecule has 0 bridgehead atoms. The Labute approximate surface area is 96.3 Å². The minimum Gasteiger partial charge on any atom is -0.314 e. The molecule has 15 heavy (non-hydrogen) atoms. The molecule has 2 unspecified atom stereocenters. The van der Waals surface area contributed by atoms with Crippen LogP contribution in [0.3, 0.4) is 0 Å². The van der Waals surface area contributed by atoms with Crippen LogP contribution in [0.25, 0.3) is 0 Å². The van der Waals surface area contributed by atoms with E-state index in [1.54, 1.807) is 0 Å². The summed E-state index contributed by atoms with van der Waals surface area (Å²) in [6, 6.07) is 0.686. The SMILES string of the molecule is C=CCC(CC)CCNC(C)CCCC. The second-order valence-electron chi connectivity index (χ2n) is 4.58. The van der Waals surface area contributed by atoms with Crippen molar-refractivity contribution in [2.24, 2.45) is 5.92 Å². The fraction of sp³-hybridized carbons (Fsp3) is 0.857. The van der Waals surface area contributed by atoms with E-state index in [0.717, 1.165) is 12.5 Å². The number of nitrogens with one attached hydrogen (secondary N) is 1. The summed E-state index contributed by atoms with van der Waals surface area (Å²) < 4.78 is 0. The third-order valence-corrected chi connectivity index (χ3v) is 3.11. The molecule has 0 rings (SSSR count). The molecule has 1 nitrogen and oxygen atoms in total. The first-order valence-electron chi connectivity index (χ1n) is 6.58. The van der Waals surface area contributed by atoms with Crippen LogP contribution in [0.5, 0.6) is 0 Å². The summed E-state index contributed by atoms with van der Waals surface area (Å²) in [6.07, 6.45) is 9.75. The maximum atomic E-state index is 3.81. The highest BCUT2D eigenvalue weighted by atomic mass is 14.9. The van der Waals surface area contributed by atoms with Crippen molar-refractivity contribution < 1.29 is 0 Å². The smallest absolute Gasteiger partial charge is 0.00387 e. The van der Waals surface area contributed by atoms with Crippen LogP contribution < -0.4 is 5.32 Å². The lowest BCUT2D eigenvalue weighted by atomic mass is 9.98. The summed E-state index contributed by atoms with van der Waals surface area (Å²) in [5, 5.41) is 3.61. The Morgan fingerprint density at radius 3 is 2.53 bits per heavy atom. The molecule has 0 saturated carbocycles. The van der Waals surface area contributed by atoms with Gasteiger partial charge in [-0.2, -0.15) is 0 Å². The minimum atomic E-state index is 0.686. The van der Waals surface area contributed by atoms with Gasteiger partial charge in [0.15, 0.2) is 0 Å². The van der Waals surface area contributed by atoms with Gasteiger partial charge in [-0.05, 0) is 38.6 Å². The Morgan fingerprint density at radius 2 is 2.00 bits per heavy atom. The molecule has 90 valence electrons. The lowest BCUT2D eigenvalue weighted by Crippen LogP contribution is -2.28. The molecule has 0 aromatic carbocycles. The van der Waals surface area contributed by atoms with E-state index in [-0.39, 0.29) is 0 Å². The van der Waals surface area contributed by atoms with E-state index in [9.17, 15) is 0 Å². The molecule has 1 N–H and O–H groups in total. The number of rotatable bonds is 10. The predicted molar refractivity (Wildman–Crippen MR) is 70.2 cm³/mol. The average molecular weight is 211 g/mol. The quantitative estimate of drug-likeness (QED) is 0.535. The van der Waals surface area contributed by atoms with Crippen molar-refractivity contribution in [1.29, 1.82) is 0 Å². The van der Waals surface area contributed by atoms with E-state index in [4.69, 9.17) is 0 Å². The summed E-state index contributed by atoms with van der Waals surface area (Å²) in [4.78, 5) is 0. The second kappa shape index (κ2) is 10.2.